The summed E-state index contributed by atoms with van der Waals surface area (Å²) >= 11 is 0. The highest BCUT2D eigenvalue weighted by molar-refractivity contribution is 5.80. The summed E-state index contributed by atoms with van der Waals surface area (Å²) in [6.07, 6.45) is 1.95. The van der Waals surface area contributed by atoms with E-state index in [2.05, 4.69) is 5.32 Å². The van der Waals surface area contributed by atoms with Crippen LogP contribution in [-0.4, -0.2) is 30.3 Å². The lowest BCUT2D eigenvalue weighted by Gasteiger charge is -2.28. The molecule has 2 unspecified atom stereocenters. The monoisotopic (exact) mass is 281 g/mol. The van der Waals surface area contributed by atoms with Crippen molar-refractivity contribution in [3.63, 3.8) is 0 Å². The van der Waals surface area contributed by atoms with Crippen molar-refractivity contribution in [2.24, 2.45) is 0 Å². The van der Waals surface area contributed by atoms with Crippen molar-refractivity contribution < 1.29 is 19.0 Å². The number of ether oxygens (including phenoxy) is 1. The van der Waals surface area contributed by atoms with E-state index in [9.17, 15) is 14.3 Å². The van der Waals surface area contributed by atoms with Gasteiger partial charge in [0.05, 0.1) is 6.10 Å². The van der Waals surface area contributed by atoms with Gasteiger partial charge in [0.15, 0.2) is 0 Å². The van der Waals surface area contributed by atoms with Gasteiger partial charge >= 0.3 is 5.97 Å². The first kappa shape index (κ1) is 14.9. The Kier molecular flexibility index (Phi) is 4.40. The molecule has 4 nitrogen and oxygen atoms in total. The molecule has 1 aliphatic heterocycles. The number of carboxylic acid groups (broad SMARTS) is 1. The van der Waals surface area contributed by atoms with Crippen LogP contribution in [0.5, 0.6) is 0 Å². The van der Waals surface area contributed by atoms with Crippen LogP contribution in [0.2, 0.25) is 0 Å². The van der Waals surface area contributed by atoms with Crippen molar-refractivity contribution in [2.75, 3.05) is 13.2 Å². The van der Waals surface area contributed by atoms with E-state index in [1.165, 1.54) is 6.07 Å². The first-order valence-corrected chi connectivity index (χ1v) is 6.80. The first-order chi connectivity index (χ1) is 9.43. The summed E-state index contributed by atoms with van der Waals surface area (Å²) in [4.78, 5) is 11.6. The van der Waals surface area contributed by atoms with Crippen LogP contribution < -0.4 is 5.32 Å². The van der Waals surface area contributed by atoms with Crippen LogP contribution in [0.4, 0.5) is 4.39 Å². The minimum Gasteiger partial charge on any atom is -0.480 e. The molecule has 0 aromatic heterocycles. The van der Waals surface area contributed by atoms with Gasteiger partial charge in [0, 0.05) is 13.2 Å². The van der Waals surface area contributed by atoms with E-state index < -0.39 is 17.3 Å². The van der Waals surface area contributed by atoms with Crippen molar-refractivity contribution in [1.82, 2.24) is 5.32 Å². The van der Waals surface area contributed by atoms with Gasteiger partial charge in [0.25, 0.3) is 0 Å². The van der Waals surface area contributed by atoms with Crippen LogP contribution in [0, 0.1) is 12.7 Å². The Morgan fingerprint density at radius 1 is 1.60 bits per heavy atom. The predicted molar refractivity (Wildman–Crippen MR) is 73.1 cm³/mol. The van der Waals surface area contributed by atoms with Crippen LogP contribution in [0.15, 0.2) is 18.2 Å². The largest absolute Gasteiger partial charge is 0.480 e. The van der Waals surface area contributed by atoms with E-state index in [1.54, 1.807) is 26.0 Å². The summed E-state index contributed by atoms with van der Waals surface area (Å²) in [5.74, 6) is -1.42. The first-order valence-electron chi connectivity index (χ1n) is 6.80. The molecule has 0 aliphatic carbocycles. The van der Waals surface area contributed by atoms with Gasteiger partial charge < -0.3 is 9.84 Å². The van der Waals surface area contributed by atoms with E-state index in [1.807, 2.05) is 0 Å². The quantitative estimate of drug-likeness (QED) is 0.868. The standard InChI is InChI=1S/C15H20FNO3/c1-10-5-6-11(8-13(10)16)15(2,14(18)19)17-9-12-4-3-7-20-12/h5-6,8,12,17H,3-4,7,9H2,1-2H3,(H,18,19). The van der Waals surface area contributed by atoms with E-state index in [0.717, 1.165) is 19.4 Å². The molecule has 0 bridgehead atoms. The molecular formula is C15H20FNO3. The highest BCUT2D eigenvalue weighted by atomic mass is 19.1. The second kappa shape index (κ2) is 5.89. The van der Waals surface area contributed by atoms with Gasteiger partial charge in [-0.1, -0.05) is 12.1 Å². The van der Waals surface area contributed by atoms with E-state index in [-0.39, 0.29) is 6.10 Å². The third-order valence-electron chi connectivity index (χ3n) is 3.88. The second-order valence-corrected chi connectivity index (χ2v) is 5.41. The minimum atomic E-state index is -1.32. The van der Waals surface area contributed by atoms with Crippen molar-refractivity contribution in [3.8, 4) is 0 Å². The Hall–Kier alpha value is -1.46. The van der Waals surface area contributed by atoms with Gasteiger partial charge in [0.1, 0.15) is 11.4 Å². The molecule has 1 aromatic rings. The highest BCUT2D eigenvalue weighted by Crippen LogP contribution is 2.24. The summed E-state index contributed by atoms with van der Waals surface area (Å²) in [7, 11) is 0. The lowest BCUT2D eigenvalue weighted by atomic mass is 9.91. The van der Waals surface area contributed by atoms with Crippen LogP contribution in [0.1, 0.15) is 30.9 Å². The smallest absolute Gasteiger partial charge is 0.328 e. The van der Waals surface area contributed by atoms with Crippen molar-refractivity contribution in [1.29, 1.82) is 0 Å². The Balaban J connectivity index is 2.18. The number of hydrogen-bond acceptors (Lipinski definition) is 3. The Morgan fingerprint density at radius 2 is 2.35 bits per heavy atom. The molecule has 0 saturated carbocycles. The Morgan fingerprint density at radius 3 is 2.90 bits per heavy atom. The number of carbonyl (C=O) groups is 1. The average Bonchev–Trinajstić information content (AvgIpc) is 2.92. The fourth-order valence-corrected chi connectivity index (χ4v) is 2.33. The van der Waals surface area contributed by atoms with Crippen LogP contribution in [0.3, 0.4) is 0 Å². The van der Waals surface area contributed by atoms with E-state index in [4.69, 9.17) is 4.74 Å². The number of carboxylic acids is 1. The number of rotatable bonds is 5. The molecule has 0 radical (unpaired) electrons. The molecule has 2 N–H and O–H groups in total. The fraction of sp³-hybridized carbons (Fsp3) is 0.533. The number of nitrogens with one attached hydrogen (secondary N) is 1. The SMILES string of the molecule is Cc1ccc(C(C)(NCC2CCCO2)C(=O)O)cc1F. The molecule has 1 aromatic carbocycles. The van der Waals surface area contributed by atoms with Gasteiger partial charge in [-0.15, -0.1) is 0 Å². The Labute approximate surface area is 117 Å². The molecule has 2 rings (SSSR count). The zero-order valence-electron chi connectivity index (χ0n) is 11.8. The topological polar surface area (TPSA) is 58.6 Å². The highest BCUT2D eigenvalue weighted by Gasteiger charge is 2.36. The normalized spacial score (nSPS) is 21.6. The maximum Gasteiger partial charge on any atom is 0.328 e. The third-order valence-corrected chi connectivity index (χ3v) is 3.88. The zero-order valence-corrected chi connectivity index (χ0v) is 11.8. The van der Waals surface area contributed by atoms with Gasteiger partial charge in [0.2, 0.25) is 0 Å². The maximum absolute atomic E-state index is 13.7. The predicted octanol–water partition coefficient (Wildman–Crippen LogP) is 2.20. The van der Waals surface area contributed by atoms with Gasteiger partial charge in [-0.05, 0) is 43.9 Å². The minimum absolute atomic E-state index is 0.0315. The van der Waals surface area contributed by atoms with E-state index in [0.29, 0.717) is 17.7 Å². The van der Waals surface area contributed by atoms with Crippen molar-refractivity contribution in [3.05, 3.63) is 35.1 Å². The lowest BCUT2D eigenvalue weighted by Crippen LogP contribution is -2.49. The summed E-state index contributed by atoms with van der Waals surface area (Å²) in [5.41, 5.74) is -0.410. The molecule has 1 heterocycles. The average molecular weight is 281 g/mol. The molecule has 1 fully saturated rings. The summed E-state index contributed by atoms with van der Waals surface area (Å²) in [5, 5.41) is 12.5. The van der Waals surface area contributed by atoms with Crippen LogP contribution >= 0.6 is 0 Å². The van der Waals surface area contributed by atoms with E-state index >= 15 is 0 Å². The molecule has 0 spiro atoms. The maximum atomic E-state index is 13.7. The summed E-state index contributed by atoms with van der Waals surface area (Å²) < 4.78 is 19.1. The number of hydrogen-bond donors (Lipinski definition) is 2. The molecule has 0 amide bonds. The Bertz CT molecular complexity index is 500. The third kappa shape index (κ3) is 2.99. The molecule has 5 heteroatoms. The molecule has 1 saturated heterocycles. The second-order valence-electron chi connectivity index (χ2n) is 5.41. The van der Waals surface area contributed by atoms with Crippen LogP contribution in [-0.2, 0) is 15.1 Å². The zero-order chi connectivity index (χ0) is 14.8. The van der Waals surface area contributed by atoms with Gasteiger partial charge in [-0.3, -0.25) is 5.32 Å². The van der Waals surface area contributed by atoms with Gasteiger partial charge in [-0.25, -0.2) is 9.18 Å². The lowest BCUT2D eigenvalue weighted by molar-refractivity contribution is -0.144. The molecule has 1 aliphatic rings. The number of aryl methyl sites for hydroxylation is 1. The van der Waals surface area contributed by atoms with Crippen molar-refractivity contribution >= 4 is 5.97 Å². The van der Waals surface area contributed by atoms with Gasteiger partial charge in [-0.2, -0.15) is 0 Å². The summed E-state index contributed by atoms with van der Waals surface area (Å²) in [6, 6.07) is 4.53. The number of benzene rings is 1. The number of aliphatic carboxylic acids is 1. The molecular weight excluding hydrogens is 261 g/mol. The number of halogens is 1. The molecule has 110 valence electrons. The fourth-order valence-electron chi connectivity index (χ4n) is 2.33. The molecule has 2 atom stereocenters. The van der Waals surface area contributed by atoms with Crippen molar-refractivity contribution in [2.45, 2.75) is 38.3 Å². The van der Waals surface area contributed by atoms with Crippen LogP contribution in [0.25, 0.3) is 0 Å². The molecule has 20 heavy (non-hydrogen) atoms. The summed E-state index contributed by atoms with van der Waals surface area (Å²) in [6.45, 7) is 4.36.